The lowest BCUT2D eigenvalue weighted by Crippen LogP contribution is -2.30. The fraction of sp³-hybridized carbons (Fsp3) is 0.714. The van der Waals surface area contributed by atoms with Crippen LogP contribution in [-0.4, -0.2) is 32.1 Å². The molecule has 76 valence electrons. The third kappa shape index (κ3) is 7.23. The van der Waals surface area contributed by atoms with E-state index in [9.17, 15) is 9.59 Å². The summed E-state index contributed by atoms with van der Waals surface area (Å²) in [7, 11) is 1.55. The van der Waals surface area contributed by atoms with E-state index in [4.69, 9.17) is 10.5 Å². The minimum Gasteiger partial charge on any atom is -0.385 e. The molecule has 0 aliphatic rings. The van der Waals surface area contributed by atoms with Gasteiger partial charge in [-0.15, -0.1) is 0 Å². The molecule has 0 radical (unpaired) electrons. The number of rotatable bonds is 5. The van der Waals surface area contributed by atoms with Crippen LogP contribution >= 0.6 is 0 Å². The maximum absolute atomic E-state index is 10.9. The minimum atomic E-state index is -0.667. The van der Waals surface area contributed by atoms with Gasteiger partial charge >= 0.3 is 5.97 Å². The number of hydroxylamine groups is 1. The standard InChI is InChI=1S/C7H14N2O4/c1-12-4-2-3-6(10)9-13-7(11)5-8/h2-5,8H2,1H3,(H,9,10). The first-order valence-electron chi connectivity index (χ1n) is 3.88. The SMILES string of the molecule is COCCCC(=O)NOC(=O)CN. The van der Waals surface area contributed by atoms with Gasteiger partial charge in [-0.3, -0.25) is 4.79 Å². The Morgan fingerprint density at radius 1 is 1.46 bits per heavy atom. The van der Waals surface area contributed by atoms with Crippen molar-refractivity contribution in [3.05, 3.63) is 0 Å². The molecule has 0 heterocycles. The molecule has 0 unspecified atom stereocenters. The number of methoxy groups -OCH3 is 1. The topological polar surface area (TPSA) is 90.6 Å². The molecule has 0 rings (SSSR count). The molecular weight excluding hydrogens is 176 g/mol. The number of carbonyl (C=O) groups excluding carboxylic acids is 2. The van der Waals surface area contributed by atoms with Gasteiger partial charge in [0.1, 0.15) is 0 Å². The maximum atomic E-state index is 10.9. The van der Waals surface area contributed by atoms with E-state index in [1.165, 1.54) is 0 Å². The molecule has 0 aromatic rings. The number of ether oxygens (including phenoxy) is 1. The first-order valence-corrected chi connectivity index (χ1v) is 3.88. The van der Waals surface area contributed by atoms with Crippen molar-refractivity contribution >= 4 is 11.9 Å². The van der Waals surface area contributed by atoms with Crippen LogP contribution in [0.5, 0.6) is 0 Å². The Kier molecular flexibility index (Phi) is 6.85. The van der Waals surface area contributed by atoms with Crippen molar-refractivity contribution in [1.29, 1.82) is 0 Å². The molecular formula is C7H14N2O4. The Labute approximate surface area is 76.3 Å². The summed E-state index contributed by atoms with van der Waals surface area (Å²) in [6, 6.07) is 0. The van der Waals surface area contributed by atoms with Crippen LogP contribution < -0.4 is 11.2 Å². The summed E-state index contributed by atoms with van der Waals surface area (Å²) in [5.74, 6) is -1.03. The van der Waals surface area contributed by atoms with Gasteiger partial charge in [0, 0.05) is 20.1 Å². The van der Waals surface area contributed by atoms with Crippen molar-refractivity contribution < 1.29 is 19.2 Å². The van der Waals surface area contributed by atoms with Crippen LogP contribution in [-0.2, 0) is 19.2 Å². The fourth-order valence-electron chi connectivity index (χ4n) is 0.584. The summed E-state index contributed by atoms with van der Waals surface area (Å²) in [4.78, 5) is 25.6. The maximum Gasteiger partial charge on any atom is 0.345 e. The molecule has 1 amide bonds. The molecule has 0 aromatic heterocycles. The normalized spacial score (nSPS) is 9.38. The zero-order chi connectivity index (χ0) is 10.1. The van der Waals surface area contributed by atoms with Crippen molar-refractivity contribution in [2.24, 2.45) is 5.73 Å². The highest BCUT2D eigenvalue weighted by Crippen LogP contribution is 1.88. The molecule has 0 aliphatic carbocycles. The second-order valence-corrected chi connectivity index (χ2v) is 2.30. The smallest absolute Gasteiger partial charge is 0.345 e. The number of amides is 1. The molecule has 0 fully saturated rings. The van der Waals surface area contributed by atoms with Gasteiger partial charge in [-0.25, -0.2) is 4.79 Å². The summed E-state index contributed by atoms with van der Waals surface area (Å²) >= 11 is 0. The van der Waals surface area contributed by atoms with Crippen LogP contribution in [0.25, 0.3) is 0 Å². The van der Waals surface area contributed by atoms with Crippen molar-refractivity contribution in [1.82, 2.24) is 5.48 Å². The zero-order valence-corrected chi connectivity index (χ0v) is 7.54. The molecule has 6 heteroatoms. The number of nitrogens with two attached hydrogens (primary N) is 1. The number of nitrogens with one attached hydrogen (secondary N) is 1. The van der Waals surface area contributed by atoms with Crippen molar-refractivity contribution in [3.63, 3.8) is 0 Å². The van der Waals surface area contributed by atoms with Crippen molar-refractivity contribution in [3.8, 4) is 0 Å². The molecule has 3 N–H and O–H groups in total. The second-order valence-electron chi connectivity index (χ2n) is 2.30. The Morgan fingerprint density at radius 2 is 2.15 bits per heavy atom. The molecule has 0 saturated heterocycles. The molecule has 0 saturated carbocycles. The van der Waals surface area contributed by atoms with Crippen LogP contribution in [0, 0.1) is 0 Å². The fourth-order valence-corrected chi connectivity index (χ4v) is 0.584. The summed E-state index contributed by atoms with van der Waals surface area (Å²) in [5, 5.41) is 0. The Balaban J connectivity index is 3.35. The molecule has 0 aliphatic heterocycles. The molecule has 0 aromatic carbocycles. The zero-order valence-electron chi connectivity index (χ0n) is 7.54. The van der Waals surface area contributed by atoms with Gasteiger partial charge < -0.3 is 15.3 Å². The van der Waals surface area contributed by atoms with E-state index in [-0.39, 0.29) is 18.9 Å². The highest BCUT2D eigenvalue weighted by atomic mass is 16.7. The van der Waals surface area contributed by atoms with E-state index in [0.717, 1.165) is 0 Å². The molecule has 6 nitrogen and oxygen atoms in total. The van der Waals surface area contributed by atoms with Gasteiger partial charge in [0.05, 0.1) is 6.54 Å². The van der Waals surface area contributed by atoms with Crippen LogP contribution in [0.15, 0.2) is 0 Å². The lowest BCUT2D eigenvalue weighted by molar-refractivity contribution is -0.156. The van der Waals surface area contributed by atoms with Crippen LogP contribution in [0.2, 0.25) is 0 Å². The third-order valence-electron chi connectivity index (χ3n) is 1.20. The largest absolute Gasteiger partial charge is 0.385 e. The van der Waals surface area contributed by atoms with Gasteiger partial charge in [-0.2, -0.15) is 5.48 Å². The van der Waals surface area contributed by atoms with Crippen LogP contribution in [0.4, 0.5) is 0 Å². The Hall–Kier alpha value is -1.14. The number of hydrogen-bond acceptors (Lipinski definition) is 5. The van der Waals surface area contributed by atoms with E-state index in [1.54, 1.807) is 7.11 Å². The quantitative estimate of drug-likeness (QED) is 0.426. The van der Waals surface area contributed by atoms with E-state index in [0.29, 0.717) is 13.0 Å². The molecule has 0 bridgehead atoms. The van der Waals surface area contributed by atoms with Gasteiger partial charge in [0.25, 0.3) is 5.91 Å². The van der Waals surface area contributed by atoms with Gasteiger partial charge in [0.15, 0.2) is 0 Å². The van der Waals surface area contributed by atoms with E-state index >= 15 is 0 Å². The van der Waals surface area contributed by atoms with E-state index < -0.39 is 5.97 Å². The summed E-state index contributed by atoms with van der Waals surface area (Å²) < 4.78 is 4.73. The minimum absolute atomic E-state index is 0.252. The highest BCUT2D eigenvalue weighted by molar-refractivity contribution is 5.78. The lowest BCUT2D eigenvalue weighted by Gasteiger charge is -2.03. The summed E-state index contributed by atoms with van der Waals surface area (Å²) in [6.07, 6.45) is 0.841. The van der Waals surface area contributed by atoms with Crippen LogP contribution in [0.3, 0.4) is 0 Å². The number of hydrogen-bond donors (Lipinski definition) is 2. The predicted molar refractivity (Wildman–Crippen MR) is 44.4 cm³/mol. The first kappa shape index (κ1) is 11.9. The average molecular weight is 190 g/mol. The average Bonchev–Trinajstić information content (AvgIpc) is 2.14. The summed E-state index contributed by atoms with van der Waals surface area (Å²) in [6.45, 7) is 0.247. The van der Waals surface area contributed by atoms with Crippen molar-refractivity contribution in [2.75, 3.05) is 20.3 Å². The Bertz CT molecular complexity index is 172. The Morgan fingerprint density at radius 3 is 2.69 bits per heavy atom. The lowest BCUT2D eigenvalue weighted by atomic mass is 10.3. The van der Waals surface area contributed by atoms with Crippen molar-refractivity contribution in [2.45, 2.75) is 12.8 Å². The molecule has 0 spiro atoms. The second kappa shape index (κ2) is 7.51. The van der Waals surface area contributed by atoms with E-state index in [2.05, 4.69) is 4.84 Å². The van der Waals surface area contributed by atoms with Gasteiger partial charge in [-0.1, -0.05) is 0 Å². The number of carbonyl (C=O) groups is 2. The monoisotopic (exact) mass is 190 g/mol. The summed E-state index contributed by atoms with van der Waals surface area (Å²) in [5.41, 5.74) is 6.90. The molecule has 13 heavy (non-hydrogen) atoms. The van der Waals surface area contributed by atoms with Gasteiger partial charge in [-0.05, 0) is 6.42 Å². The van der Waals surface area contributed by atoms with E-state index in [1.807, 2.05) is 5.48 Å². The molecule has 0 atom stereocenters. The highest BCUT2D eigenvalue weighted by Gasteiger charge is 2.03. The van der Waals surface area contributed by atoms with Crippen LogP contribution in [0.1, 0.15) is 12.8 Å². The predicted octanol–water partition coefficient (Wildman–Crippen LogP) is -1.05. The van der Waals surface area contributed by atoms with Gasteiger partial charge in [0.2, 0.25) is 0 Å². The first-order chi connectivity index (χ1) is 6.20. The third-order valence-corrected chi connectivity index (χ3v) is 1.20.